The number of aromatic nitrogens is 2. The maximum absolute atomic E-state index is 5.84. The van der Waals surface area contributed by atoms with Crippen LogP contribution in [0.4, 0.5) is 5.82 Å². The van der Waals surface area contributed by atoms with Gasteiger partial charge in [0.05, 0.1) is 11.3 Å². The Hall–Kier alpha value is -1.23. The molecule has 1 aromatic heterocycles. The van der Waals surface area contributed by atoms with Gasteiger partial charge in [-0.1, -0.05) is 25.6 Å². The lowest BCUT2D eigenvalue weighted by Gasteiger charge is -2.24. The summed E-state index contributed by atoms with van der Waals surface area (Å²) in [6, 6.07) is 0. The zero-order valence-electron chi connectivity index (χ0n) is 11.7. The number of thiocarbonyl (C=S) groups is 1. The summed E-state index contributed by atoms with van der Waals surface area (Å²) in [4.78, 5) is 2.59. The normalized spacial score (nSPS) is 10.4. The van der Waals surface area contributed by atoms with E-state index in [0.29, 0.717) is 4.99 Å². The molecule has 0 saturated heterocycles. The largest absolute Gasteiger partial charge is 0.389 e. The smallest absolute Gasteiger partial charge is 0.161 e. The SMILES string of the molecule is CCCCN(CC)c1nnc(C)c(C)c1C(N)=S. The molecule has 0 atom stereocenters. The first-order valence-electron chi connectivity index (χ1n) is 6.41. The van der Waals surface area contributed by atoms with Crippen LogP contribution in [-0.4, -0.2) is 28.3 Å². The summed E-state index contributed by atoms with van der Waals surface area (Å²) in [5.41, 5.74) is 8.63. The molecule has 1 rings (SSSR count). The maximum Gasteiger partial charge on any atom is 0.161 e. The zero-order valence-corrected chi connectivity index (χ0v) is 12.5. The Morgan fingerprint density at radius 3 is 2.44 bits per heavy atom. The topological polar surface area (TPSA) is 55.0 Å². The van der Waals surface area contributed by atoms with E-state index in [1.165, 1.54) is 0 Å². The highest BCUT2D eigenvalue weighted by Gasteiger charge is 2.17. The molecule has 0 radical (unpaired) electrons. The summed E-state index contributed by atoms with van der Waals surface area (Å²) in [5.74, 6) is 0.821. The van der Waals surface area contributed by atoms with Crippen LogP contribution in [0.15, 0.2) is 0 Å². The first kappa shape index (κ1) is 14.8. The fraction of sp³-hybridized carbons (Fsp3) is 0.615. The van der Waals surface area contributed by atoms with Crippen LogP contribution in [0.1, 0.15) is 43.5 Å². The second kappa shape index (κ2) is 6.64. The Labute approximate surface area is 115 Å². The number of hydrogen-bond donors (Lipinski definition) is 1. The molecule has 5 heteroatoms. The highest BCUT2D eigenvalue weighted by molar-refractivity contribution is 7.80. The molecule has 0 saturated carbocycles. The van der Waals surface area contributed by atoms with Gasteiger partial charge in [0.1, 0.15) is 4.99 Å². The number of aryl methyl sites for hydroxylation is 1. The summed E-state index contributed by atoms with van der Waals surface area (Å²) in [6.07, 6.45) is 2.27. The molecule has 0 aliphatic heterocycles. The molecule has 0 bridgehead atoms. The predicted octanol–water partition coefficient (Wildman–Crippen LogP) is 2.35. The molecular formula is C13H22N4S. The van der Waals surface area contributed by atoms with Crippen molar-refractivity contribution in [1.29, 1.82) is 0 Å². The summed E-state index contributed by atoms with van der Waals surface area (Å²) >= 11 is 5.16. The van der Waals surface area contributed by atoms with Crippen molar-refractivity contribution in [1.82, 2.24) is 10.2 Å². The Morgan fingerprint density at radius 1 is 1.28 bits per heavy atom. The average Bonchev–Trinajstić information content (AvgIpc) is 2.34. The lowest BCUT2D eigenvalue weighted by atomic mass is 10.1. The Balaban J connectivity index is 3.21. The second-order valence-corrected chi connectivity index (χ2v) is 4.85. The second-order valence-electron chi connectivity index (χ2n) is 4.41. The molecule has 0 fully saturated rings. The fourth-order valence-electron chi connectivity index (χ4n) is 1.88. The maximum atomic E-state index is 5.84. The van der Waals surface area contributed by atoms with Gasteiger partial charge in [-0.3, -0.25) is 0 Å². The van der Waals surface area contributed by atoms with Crippen molar-refractivity contribution >= 4 is 23.0 Å². The Kier molecular flexibility index (Phi) is 5.47. The summed E-state index contributed by atoms with van der Waals surface area (Å²) < 4.78 is 0. The number of anilines is 1. The third-order valence-corrected chi connectivity index (χ3v) is 3.35. The van der Waals surface area contributed by atoms with Crippen LogP contribution in [-0.2, 0) is 0 Å². The minimum atomic E-state index is 0.399. The first-order chi connectivity index (χ1) is 8.52. The highest BCUT2D eigenvalue weighted by atomic mass is 32.1. The van der Waals surface area contributed by atoms with Gasteiger partial charge in [0.25, 0.3) is 0 Å². The van der Waals surface area contributed by atoms with Crippen molar-refractivity contribution in [2.75, 3.05) is 18.0 Å². The van der Waals surface area contributed by atoms with E-state index >= 15 is 0 Å². The van der Waals surface area contributed by atoms with Crippen molar-refractivity contribution in [2.45, 2.75) is 40.5 Å². The van der Waals surface area contributed by atoms with Gasteiger partial charge in [0, 0.05) is 13.1 Å². The van der Waals surface area contributed by atoms with E-state index < -0.39 is 0 Å². The zero-order chi connectivity index (χ0) is 13.7. The Morgan fingerprint density at radius 2 is 1.94 bits per heavy atom. The van der Waals surface area contributed by atoms with E-state index in [1.54, 1.807) is 0 Å². The quantitative estimate of drug-likeness (QED) is 0.801. The van der Waals surface area contributed by atoms with E-state index in [0.717, 1.165) is 48.6 Å². The molecule has 2 N–H and O–H groups in total. The van der Waals surface area contributed by atoms with Crippen molar-refractivity contribution in [3.8, 4) is 0 Å². The molecule has 0 aromatic carbocycles. The minimum Gasteiger partial charge on any atom is -0.389 e. The van der Waals surface area contributed by atoms with Crippen LogP contribution in [0.2, 0.25) is 0 Å². The van der Waals surface area contributed by atoms with Gasteiger partial charge in [0.2, 0.25) is 0 Å². The molecular weight excluding hydrogens is 244 g/mol. The van der Waals surface area contributed by atoms with E-state index in [4.69, 9.17) is 18.0 Å². The monoisotopic (exact) mass is 266 g/mol. The number of rotatable bonds is 6. The van der Waals surface area contributed by atoms with Crippen molar-refractivity contribution < 1.29 is 0 Å². The number of hydrogen-bond acceptors (Lipinski definition) is 4. The molecule has 0 amide bonds. The number of nitrogens with zero attached hydrogens (tertiary/aromatic N) is 3. The van der Waals surface area contributed by atoms with Gasteiger partial charge >= 0.3 is 0 Å². The summed E-state index contributed by atoms with van der Waals surface area (Å²) in [7, 11) is 0. The van der Waals surface area contributed by atoms with Gasteiger partial charge in [-0.25, -0.2) is 0 Å². The number of unbranched alkanes of at least 4 members (excludes halogenated alkanes) is 1. The van der Waals surface area contributed by atoms with Crippen LogP contribution in [0.25, 0.3) is 0 Å². The van der Waals surface area contributed by atoms with Crippen LogP contribution in [0, 0.1) is 13.8 Å². The van der Waals surface area contributed by atoms with Gasteiger partial charge in [-0.05, 0) is 32.8 Å². The molecule has 0 spiro atoms. The molecule has 100 valence electrons. The molecule has 1 heterocycles. The fourth-order valence-corrected chi connectivity index (χ4v) is 2.12. The number of nitrogens with two attached hydrogens (primary N) is 1. The molecule has 18 heavy (non-hydrogen) atoms. The summed E-state index contributed by atoms with van der Waals surface area (Å²) in [6.45, 7) is 10.0. The van der Waals surface area contributed by atoms with Gasteiger partial charge < -0.3 is 10.6 Å². The standard InChI is InChI=1S/C13H22N4S/c1-5-7-8-17(6-2)13-11(12(14)18)9(3)10(4)15-16-13/h5-8H2,1-4H3,(H2,14,18). The van der Waals surface area contributed by atoms with Crippen molar-refractivity contribution in [3.05, 3.63) is 16.8 Å². The van der Waals surface area contributed by atoms with E-state index in [-0.39, 0.29) is 0 Å². The lowest BCUT2D eigenvalue weighted by Crippen LogP contribution is -2.29. The minimum absolute atomic E-state index is 0.399. The summed E-state index contributed by atoms with van der Waals surface area (Å²) in [5, 5.41) is 8.48. The molecule has 0 unspecified atom stereocenters. The van der Waals surface area contributed by atoms with E-state index in [9.17, 15) is 0 Å². The van der Waals surface area contributed by atoms with Crippen LogP contribution in [0.5, 0.6) is 0 Å². The first-order valence-corrected chi connectivity index (χ1v) is 6.82. The Bertz CT molecular complexity index is 431. The predicted molar refractivity (Wildman–Crippen MR) is 80.2 cm³/mol. The van der Waals surface area contributed by atoms with Crippen LogP contribution in [0.3, 0.4) is 0 Å². The van der Waals surface area contributed by atoms with Gasteiger partial charge in [0.15, 0.2) is 5.82 Å². The molecule has 1 aromatic rings. The van der Waals surface area contributed by atoms with Crippen molar-refractivity contribution in [3.63, 3.8) is 0 Å². The average molecular weight is 266 g/mol. The van der Waals surface area contributed by atoms with Gasteiger partial charge in [-0.2, -0.15) is 5.10 Å². The van der Waals surface area contributed by atoms with E-state index in [1.807, 2.05) is 13.8 Å². The highest BCUT2D eigenvalue weighted by Crippen LogP contribution is 2.22. The molecule has 4 nitrogen and oxygen atoms in total. The van der Waals surface area contributed by atoms with Crippen molar-refractivity contribution in [2.24, 2.45) is 5.73 Å². The van der Waals surface area contributed by atoms with Crippen LogP contribution >= 0.6 is 12.2 Å². The van der Waals surface area contributed by atoms with Crippen LogP contribution < -0.4 is 10.6 Å². The molecule has 0 aliphatic carbocycles. The lowest BCUT2D eigenvalue weighted by molar-refractivity contribution is 0.714. The van der Waals surface area contributed by atoms with Gasteiger partial charge in [-0.15, -0.1) is 5.10 Å². The third kappa shape index (κ3) is 3.16. The molecule has 0 aliphatic rings. The third-order valence-electron chi connectivity index (χ3n) is 3.15. The van der Waals surface area contributed by atoms with E-state index in [2.05, 4.69) is 28.9 Å².